The number of carboxylic acid groups (broad SMARTS) is 3. The number of hydrogen-bond acceptors (Lipinski definition) is 12. The van der Waals surface area contributed by atoms with E-state index in [9.17, 15) is 72.9 Å². The van der Waals surface area contributed by atoms with E-state index in [0.29, 0.717) is 19.3 Å². The second-order valence-electron chi connectivity index (χ2n) is 16.9. The molecule has 0 spiro atoms. The molecule has 7 amide bonds. The van der Waals surface area contributed by atoms with Crippen molar-refractivity contribution < 1.29 is 72.9 Å². The van der Waals surface area contributed by atoms with Crippen LogP contribution in [0.25, 0.3) is 0 Å². The van der Waals surface area contributed by atoms with Gasteiger partial charge in [-0.15, -0.1) is 13.2 Å². The largest absolute Gasteiger partial charge is 0.481 e. The molecule has 368 valence electrons. The maximum absolute atomic E-state index is 14.2. The van der Waals surface area contributed by atoms with E-state index < -0.39 is 138 Å². The molecule has 2 unspecified atom stereocenters. The minimum absolute atomic E-state index is 0.0209. The maximum atomic E-state index is 14.2. The Bertz CT molecular complexity index is 1800. The number of amides is 7. The van der Waals surface area contributed by atoms with E-state index >= 15 is 0 Å². The first-order chi connectivity index (χ1) is 30.9. The molecule has 0 saturated heterocycles. The molecule has 1 aliphatic carbocycles. The van der Waals surface area contributed by atoms with E-state index in [1.807, 2.05) is 5.32 Å². The smallest absolute Gasteiger partial charge is 0.326 e. The van der Waals surface area contributed by atoms with Crippen LogP contribution in [-0.2, 0) is 57.5 Å². The molecule has 8 atom stereocenters. The summed E-state index contributed by atoms with van der Waals surface area (Å²) in [6.45, 7) is 14.8. The number of Topliss-reactive ketones (excluding diaryl/α,β-unsaturated/α-hetero) is 2. The fourth-order valence-electron chi connectivity index (χ4n) is 7.17. The SMILES string of the molecule is C=CCC(NC(=O)C(=O)C(=O)C(CC=C)NC(=O)[C@H](CC1CCCCC1)NC(=O)[C@@H](NC(=O)[C@H](CC(C)C)NC(=O)[C@@H](CCC(=O)O)NC(=O)[C@H](CC(=O)O)NC(C)=O)[C@@H](C)CC)C(=O)O. The van der Waals surface area contributed by atoms with Crippen molar-refractivity contribution in [3.63, 3.8) is 0 Å². The van der Waals surface area contributed by atoms with Gasteiger partial charge in [-0.3, -0.25) is 52.7 Å². The van der Waals surface area contributed by atoms with Gasteiger partial charge in [0.15, 0.2) is 0 Å². The van der Waals surface area contributed by atoms with Gasteiger partial charge in [0.05, 0.1) is 12.5 Å². The quantitative estimate of drug-likeness (QED) is 0.0252. The van der Waals surface area contributed by atoms with Crippen molar-refractivity contribution >= 4 is 70.8 Å². The molecule has 22 nitrogen and oxygen atoms in total. The normalized spacial score (nSPS) is 16.2. The Morgan fingerprint density at radius 2 is 1.12 bits per heavy atom. The number of ketones is 2. The van der Waals surface area contributed by atoms with Gasteiger partial charge in [0.2, 0.25) is 41.2 Å². The van der Waals surface area contributed by atoms with Crippen molar-refractivity contribution in [2.75, 3.05) is 0 Å². The summed E-state index contributed by atoms with van der Waals surface area (Å²) in [5.41, 5.74) is 0. The molecule has 1 fully saturated rings. The number of carbonyl (C=O) groups excluding carboxylic acids is 9. The Balaban J connectivity index is 3.49. The lowest BCUT2D eigenvalue weighted by Crippen LogP contribution is -2.61. The predicted molar refractivity (Wildman–Crippen MR) is 236 cm³/mol. The van der Waals surface area contributed by atoms with Gasteiger partial charge in [-0.25, -0.2) is 4.79 Å². The Hall–Kier alpha value is -6.48. The molecule has 0 radical (unpaired) electrons. The van der Waals surface area contributed by atoms with Gasteiger partial charge in [0.1, 0.15) is 36.3 Å². The van der Waals surface area contributed by atoms with Crippen molar-refractivity contribution in [1.29, 1.82) is 0 Å². The van der Waals surface area contributed by atoms with E-state index in [1.54, 1.807) is 27.7 Å². The van der Waals surface area contributed by atoms with Crippen LogP contribution in [0.2, 0.25) is 0 Å². The number of hydrogen-bond donors (Lipinski definition) is 10. The van der Waals surface area contributed by atoms with E-state index in [2.05, 4.69) is 45.1 Å². The van der Waals surface area contributed by atoms with Crippen LogP contribution < -0.4 is 37.2 Å². The number of carboxylic acids is 3. The summed E-state index contributed by atoms with van der Waals surface area (Å²) in [5.74, 6) is -15.1. The first-order valence-electron chi connectivity index (χ1n) is 22.0. The zero-order valence-electron chi connectivity index (χ0n) is 38.3. The topological polar surface area (TPSA) is 350 Å². The van der Waals surface area contributed by atoms with E-state index in [1.165, 1.54) is 12.2 Å². The monoisotopic (exact) mass is 933 g/mol. The molecule has 22 heteroatoms. The van der Waals surface area contributed by atoms with Gasteiger partial charge in [0.25, 0.3) is 11.7 Å². The standard InChI is InChI=1S/C44H67N7O15/c1-8-14-27(36(57)37(58)43(64)48-29(15-9-2)44(65)66)46-39(60)31(21-26-16-12-11-13-17-26)50-42(63)35(24(6)10-3)51-41(62)30(20-23(4)5)49-38(59)28(18-19-33(53)54)47-40(61)32(22-34(55)56)45-25(7)52/h8-9,23-24,26-32,35H,1-2,10-22H2,3-7H3,(H,45,52)(H,46,60)(H,47,61)(H,48,64)(H,49,59)(H,50,63)(H,51,62)(H,53,54)(H,55,56)(H,65,66)/t24-,27?,28+,29?,30-,31-,32-,35-/m0/s1. The van der Waals surface area contributed by atoms with Crippen LogP contribution in [0.3, 0.4) is 0 Å². The molecule has 0 aromatic heterocycles. The molecule has 1 saturated carbocycles. The van der Waals surface area contributed by atoms with Gasteiger partial charge in [-0.05, 0) is 49.9 Å². The van der Waals surface area contributed by atoms with Crippen LogP contribution >= 0.6 is 0 Å². The first-order valence-corrected chi connectivity index (χ1v) is 22.0. The number of aliphatic carboxylic acids is 3. The molecule has 10 N–H and O–H groups in total. The predicted octanol–water partition coefficient (Wildman–Crippen LogP) is 0.177. The Morgan fingerprint density at radius 3 is 1.64 bits per heavy atom. The van der Waals surface area contributed by atoms with Crippen molar-refractivity contribution in [3.05, 3.63) is 25.3 Å². The Kier molecular flexibility index (Phi) is 25.4. The van der Waals surface area contributed by atoms with Gasteiger partial charge in [-0.2, -0.15) is 0 Å². The minimum atomic E-state index is -1.63. The fourth-order valence-corrected chi connectivity index (χ4v) is 7.17. The van der Waals surface area contributed by atoms with Crippen molar-refractivity contribution in [2.24, 2.45) is 17.8 Å². The van der Waals surface area contributed by atoms with Gasteiger partial charge >= 0.3 is 17.9 Å². The molecule has 0 heterocycles. The molecule has 0 bridgehead atoms. The third-order valence-corrected chi connectivity index (χ3v) is 10.9. The van der Waals surface area contributed by atoms with Crippen LogP contribution in [0.15, 0.2) is 25.3 Å². The first kappa shape index (κ1) is 57.5. The van der Waals surface area contributed by atoms with Crippen LogP contribution in [0.5, 0.6) is 0 Å². The minimum Gasteiger partial charge on any atom is -0.481 e. The highest BCUT2D eigenvalue weighted by molar-refractivity contribution is 6.64. The third-order valence-electron chi connectivity index (χ3n) is 10.9. The second-order valence-corrected chi connectivity index (χ2v) is 16.9. The lowest BCUT2D eigenvalue weighted by molar-refractivity contribution is -0.148. The summed E-state index contributed by atoms with van der Waals surface area (Å²) in [6, 6.07) is -10.5. The summed E-state index contributed by atoms with van der Waals surface area (Å²) >= 11 is 0. The van der Waals surface area contributed by atoms with Crippen molar-refractivity contribution in [1.82, 2.24) is 37.2 Å². The van der Waals surface area contributed by atoms with Crippen LogP contribution in [0.4, 0.5) is 0 Å². The highest BCUT2D eigenvalue weighted by Gasteiger charge is 2.38. The summed E-state index contributed by atoms with van der Waals surface area (Å²) in [7, 11) is 0. The zero-order chi connectivity index (χ0) is 50.3. The van der Waals surface area contributed by atoms with Crippen LogP contribution in [-0.4, -0.2) is 128 Å². The lowest BCUT2D eigenvalue weighted by Gasteiger charge is -2.31. The summed E-state index contributed by atoms with van der Waals surface area (Å²) in [4.78, 5) is 154. The van der Waals surface area contributed by atoms with Crippen LogP contribution in [0.1, 0.15) is 118 Å². The molecule has 0 aromatic carbocycles. The van der Waals surface area contributed by atoms with Gasteiger partial charge < -0.3 is 52.5 Å². The number of carbonyl (C=O) groups is 12. The number of rotatable bonds is 31. The lowest BCUT2D eigenvalue weighted by atomic mass is 9.84. The van der Waals surface area contributed by atoms with Crippen molar-refractivity contribution in [2.45, 2.75) is 160 Å². The molecule has 1 rings (SSSR count). The summed E-state index contributed by atoms with van der Waals surface area (Å²) < 4.78 is 0. The Morgan fingerprint density at radius 1 is 0.606 bits per heavy atom. The summed E-state index contributed by atoms with van der Waals surface area (Å²) in [5, 5.41) is 44.7. The molecule has 0 aliphatic heterocycles. The molecular formula is C44H67N7O15. The van der Waals surface area contributed by atoms with E-state index in [-0.39, 0.29) is 37.5 Å². The molecule has 66 heavy (non-hydrogen) atoms. The molecule has 1 aliphatic rings. The fraction of sp³-hybridized carbons (Fsp3) is 0.636. The average molecular weight is 934 g/mol. The highest BCUT2D eigenvalue weighted by atomic mass is 16.4. The third kappa shape index (κ3) is 20.6. The molecular weight excluding hydrogens is 867 g/mol. The second kappa shape index (κ2) is 29.1. The number of nitrogens with one attached hydrogen (secondary N) is 7. The molecule has 0 aromatic rings. The van der Waals surface area contributed by atoms with Gasteiger partial charge in [-0.1, -0.05) is 78.4 Å². The highest BCUT2D eigenvalue weighted by Crippen LogP contribution is 2.28. The van der Waals surface area contributed by atoms with Crippen molar-refractivity contribution in [3.8, 4) is 0 Å². The average Bonchev–Trinajstić information content (AvgIpc) is 3.24. The zero-order valence-corrected chi connectivity index (χ0v) is 38.3. The van der Waals surface area contributed by atoms with Gasteiger partial charge in [0, 0.05) is 13.3 Å². The maximum Gasteiger partial charge on any atom is 0.326 e. The summed E-state index contributed by atoms with van der Waals surface area (Å²) in [6.07, 6.45) is 4.33. The van der Waals surface area contributed by atoms with E-state index in [0.717, 1.165) is 26.2 Å². The van der Waals surface area contributed by atoms with Crippen LogP contribution in [0, 0.1) is 17.8 Å². The Labute approximate surface area is 383 Å². The van der Waals surface area contributed by atoms with E-state index in [4.69, 9.17) is 0 Å².